The highest BCUT2D eigenvalue weighted by Crippen LogP contribution is 2.25. The second-order valence-electron chi connectivity index (χ2n) is 5.24. The molecule has 0 saturated heterocycles. The van der Waals surface area contributed by atoms with Gasteiger partial charge in [-0.25, -0.2) is 0 Å². The van der Waals surface area contributed by atoms with E-state index in [1.54, 1.807) is 0 Å². The summed E-state index contributed by atoms with van der Waals surface area (Å²) in [5, 5.41) is 0. The van der Waals surface area contributed by atoms with Crippen LogP contribution in [0.15, 0.2) is 42.5 Å². The van der Waals surface area contributed by atoms with E-state index in [4.69, 9.17) is 4.74 Å². The minimum Gasteiger partial charge on any atom is -0.469 e. The molecule has 0 N–H and O–H groups in total. The first kappa shape index (κ1) is 14.3. The number of hydrogen-bond acceptors (Lipinski definition) is 2. The summed E-state index contributed by atoms with van der Waals surface area (Å²) in [5.41, 5.74) is 5.86. The highest BCUT2D eigenvalue weighted by atomic mass is 16.5. The Kier molecular flexibility index (Phi) is 4.23. The minimum atomic E-state index is -0.228. The lowest BCUT2D eigenvalue weighted by atomic mass is 9.96. The van der Waals surface area contributed by atoms with Crippen molar-refractivity contribution in [3.8, 4) is 11.1 Å². The third-order valence-electron chi connectivity index (χ3n) is 3.52. The monoisotopic (exact) mass is 268 g/mol. The van der Waals surface area contributed by atoms with Crippen molar-refractivity contribution in [1.82, 2.24) is 0 Å². The van der Waals surface area contributed by atoms with Crippen molar-refractivity contribution in [2.75, 3.05) is 7.11 Å². The number of ether oxygens (including phenoxy) is 1. The first-order chi connectivity index (χ1) is 9.51. The highest BCUT2D eigenvalue weighted by Gasteiger charge is 2.15. The normalized spacial score (nSPS) is 12.0. The number of esters is 1. The zero-order valence-corrected chi connectivity index (χ0v) is 12.4. The van der Waals surface area contributed by atoms with Crippen molar-refractivity contribution in [3.63, 3.8) is 0 Å². The molecule has 0 fully saturated rings. The molecule has 2 rings (SSSR count). The molecule has 0 aliphatic carbocycles. The lowest BCUT2D eigenvalue weighted by Gasteiger charge is -2.11. The Hall–Kier alpha value is -2.09. The predicted molar refractivity (Wildman–Crippen MR) is 81.8 cm³/mol. The first-order valence-electron chi connectivity index (χ1n) is 6.77. The molecule has 0 aliphatic heterocycles. The second-order valence-corrected chi connectivity index (χ2v) is 5.24. The van der Waals surface area contributed by atoms with E-state index >= 15 is 0 Å². The summed E-state index contributed by atoms with van der Waals surface area (Å²) in [6.45, 7) is 6.06. The van der Waals surface area contributed by atoms with E-state index in [0.29, 0.717) is 0 Å². The Morgan fingerprint density at radius 1 is 0.950 bits per heavy atom. The summed E-state index contributed by atoms with van der Waals surface area (Å²) >= 11 is 0. The SMILES string of the molecule is COC(=O)C(C)c1ccc(-c2cc(C)cc(C)c2)cc1. The maximum absolute atomic E-state index is 11.5. The molecular weight excluding hydrogens is 248 g/mol. The summed E-state index contributed by atoms with van der Waals surface area (Å²) in [4.78, 5) is 11.5. The molecule has 104 valence electrons. The number of methoxy groups -OCH3 is 1. The van der Waals surface area contributed by atoms with Crippen molar-refractivity contribution in [1.29, 1.82) is 0 Å². The first-order valence-corrected chi connectivity index (χ1v) is 6.77. The van der Waals surface area contributed by atoms with E-state index in [1.807, 2.05) is 19.1 Å². The van der Waals surface area contributed by atoms with Crippen LogP contribution in [-0.4, -0.2) is 13.1 Å². The Bertz CT molecular complexity index is 592. The third kappa shape index (κ3) is 3.08. The van der Waals surface area contributed by atoms with Crippen LogP contribution in [0.3, 0.4) is 0 Å². The van der Waals surface area contributed by atoms with Gasteiger partial charge in [-0.15, -0.1) is 0 Å². The highest BCUT2D eigenvalue weighted by molar-refractivity contribution is 5.78. The smallest absolute Gasteiger partial charge is 0.312 e. The molecule has 0 aromatic heterocycles. The van der Waals surface area contributed by atoms with Crippen molar-refractivity contribution in [3.05, 3.63) is 59.2 Å². The van der Waals surface area contributed by atoms with Gasteiger partial charge in [-0.05, 0) is 37.5 Å². The zero-order valence-electron chi connectivity index (χ0n) is 12.4. The Morgan fingerprint density at radius 2 is 1.50 bits per heavy atom. The van der Waals surface area contributed by atoms with Gasteiger partial charge in [0, 0.05) is 0 Å². The molecule has 0 saturated carbocycles. The average molecular weight is 268 g/mol. The van der Waals surface area contributed by atoms with Crippen LogP contribution in [0.2, 0.25) is 0 Å². The van der Waals surface area contributed by atoms with Gasteiger partial charge in [-0.2, -0.15) is 0 Å². The van der Waals surface area contributed by atoms with E-state index in [1.165, 1.54) is 23.8 Å². The van der Waals surface area contributed by atoms with Gasteiger partial charge < -0.3 is 4.74 Å². The fourth-order valence-corrected chi connectivity index (χ4v) is 2.42. The van der Waals surface area contributed by atoms with Gasteiger partial charge in [0.05, 0.1) is 13.0 Å². The van der Waals surface area contributed by atoms with Gasteiger partial charge in [0.1, 0.15) is 0 Å². The van der Waals surface area contributed by atoms with Gasteiger partial charge >= 0.3 is 5.97 Å². The van der Waals surface area contributed by atoms with Crippen molar-refractivity contribution < 1.29 is 9.53 Å². The molecule has 0 radical (unpaired) electrons. The second kappa shape index (κ2) is 5.91. The fraction of sp³-hybridized carbons (Fsp3) is 0.278. The molecule has 20 heavy (non-hydrogen) atoms. The van der Waals surface area contributed by atoms with Crippen molar-refractivity contribution in [2.45, 2.75) is 26.7 Å². The largest absolute Gasteiger partial charge is 0.469 e. The summed E-state index contributed by atoms with van der Waals surface area (Å²) < 4.78 is 4.77. The average Bonchev–Trinajstić information content (AvgIpc) is 2.45. The lowest BCUT2D eigenvalue weighted by Crippen LogP contribution is -2.10. The molecule has 1 unspecified atom stereocenters. The Morgan fingerprint density at radius 3 is 2.00 bits per heavy atom. The van der Waals surface area contributed by atoms with Crippen molar-refractivity contribution >= 4 is 5.97 Å². The van der Waals surface area contributed by atoms with Gasteiger partial charge in [-0.3, -0.25) is 4.79 Å². The number of hydrogen-bond donors (Lipinski definition) is 0. The standard InChI is InChI=1S/C18H20O2/c1-12-9-13(2)11-17(10-12)16-7-5-15(6-8-16)14(3)18(19)20-4/h5-11,14H,1-4H3. The molecule has 0 heterocycles. The van der Waals surface area contributed by atoms with E-state index in [9.17, 15) is 4.79 Å². The lowest BCUT2D eigenvalue weighted by molar-refractivity contribution is -0.141. The van der Waals surface area contributed by atoms with Crippen LogP contribution in [0.1, 0.15) is 29.5 Å². The predicted octanol–water partition coefficient (Wildman–Crippen LogP) is 4.25. The van der Waals surface area contributed by atoms with Crippen LogP contribution in [-0.2, 0) is 9.53 Å². The van der Waals surface area contributed by atoms with Crippen LogP contribution in [0.4, 0.5) is 0 Å². The molecule has 0 spiro atoms. The van der Waals surface area contributed by atoms with Crippen LogP contribution >= 0.6 is 0 Å². The molecule has 2 heteroatoms. The maximum Gasteiger partial charge on any atom is 0.312 e. The Labute approximate surface area is 120 Å². The maximum atomic E-state index is 11.5. The van der Waals surface area contributed by atoms with Gasteiger partial charge in [-0.1, -0.05) is 53.6 Å². The molecule has 0 bridgehead atoms. The molecule has 1 atom stereocenters. The molecule has 0 amide bonds. The third-order valence-corrected chi connectivity index (χ3v) is 3.52. The molecule has 2 aromatic rings. The van der Waals surface area contributed by atoms with Crippen LogP contribution in [0, 0.1) is 13.8 Å². The van der Waals surface area contributed by atoms with E-state index in [2.05, 4.69) is 44.2 Å². The fourth-order valence-electron chi connectivity index (χ4n) is 2.42. The summed E-state index contributed by atoms with van der Waals surface area (Å²) in [6, 6.07) is 14.6. The van der Waals surface area contributed by atoms with Gasteiger partial charge in [0.25, 0.3) is 0 Å². The number of carbonyl (C=O) groups is 1. The van der Waals surface area contributed by atoms with E-state index < -0.39 is 0 Å². The summed E-state index contributed by atoms with van der Waals surface area (Å²) in [5.74, 6) is -0.433. The number of aryl methyl sites for hydroxylation is 2. The zero-order chi connectivity index (χ0) is 14.7. The number of benzene rings is 2. The topological polar surface area (TPSA) is 26.3 Å². The molecular formula is C18H20O2. The summed E-state index contributed by atoms with van der Waals surface area (Å²) in [6.07, 6.45) is 0. The molecule has 2 nitrogen and oxygen atoms in total. The van der Waals surface area contributed by atoms with Crippen molar-refractivity contribution in [2.24, 2.45) is 0 Å². The number of rotatable bonds is 3. The van der Waals surface area contributed by atoms with Crippen LogP contribution in [0.5, 0.6) is 0 Å². The van der Waals surface area contributed by atoms with E-state index in [0.717, 1.165) is 11.1 Å². The number of carbonyl (C=O) groups excluding carboxylic acids is 1. The molecule has 0 aliphatic rings. The van der Waals surface area contributed by atoms with E-state index in [-0.39, 0.29) is 11.9 Å². The quantitative estimate of drug-likeness (QED) is 0.778. The summed E-state index contributed by atoms with van der Waals surface area (Å²) in [7, 11) is 1.42. The molecule has 2 aromatic carbocycles. The van der Waals surface area contributed by atoms with Crippen LogP contribution in [0.25, 0.3) is 11.1 Å². The van der Waals surface area contributed by atoms with Gasteiger partial charge in [0.15, 0.2) is 0 Å². The van der Waals surface area contributed by atoms with Crippen LogP contribution < -0.4 is 0 Å². The Balaban J connectivity index is 2.30. The minimum absolute atomic E-state index is 0.204. The van der Waals surface area contributed by atoms with Gasteiger partial charge in [0.2, 0.25) is 0 Å².